The van der Waals surface area contributed by atoms with Gasteiger partial charge in [0.05, 0.1) is 31.2 Å². The van der Waals surface area contributed by atoms with Gasteiger partial charge in [-0.25, -0.2) is 0 Å². The Morgan fingerprint density at radius 3 is 2.73 bits per heavy atom. The predicted molar refractivity (Wildman–Crippen MR) is 121 cm³/mol. The number of nitrogens with zero attached hydrogens (tertiary/aromatic N) is 3. The van der Waals surface area contributed by atoms with E-state index >= 15 is 0 Å². The van der Waals surface area contributed by atoms with Gasteiger partial charge in [0, 0.05) is 31.9 Å². The molecule has 4 rings (SSSR count). The summed E-state index contributed by atoms with van der Waals surface area (Å²) in [5, 5.41) is 0. The van der Waals surface area contributed by atoms with Gasteiger partial charge >= 0.3 is 0 Å². The number of halogens is 1. The first-order valence-corrected chi connectivity index (χ1v) is 10.9. The lowest BCUT2D eigenvalue weighted by Gasteiger charge is -2.29. The summed E-state index contributed by atoms with van der Waals surface area (Å²) in [4.78, 5) is 31.1. The number of carbonyl (C=O) groups excluding carboxylic acids is 1. The molecule has 7 nitrogen and oxygen atoms in total. The average Bonchev–Trinajstić information content (AvgIpc) is 2.86. The van der Waals surface area contributed by atoms with E-state index in [-0.39, 0.29) is 24.4 Å². The van der Waals surface area contributed by atoms with Crippen molar-refractivity contribution in [3.63, 3.8) is 0 Å². The van der Waals surface area contributed by atoms with E-state index in [0.717, 1.165) is 17.7 Å². The lowest BCUT2D eigenvalue weighted by Crippen LogP contribution is -2.36. The number of ether oxygens (including phenoxy) is 2. The van der Waals surface area contributed by atoms with Crippen molar-refractivity contribution in [3.8, 4) is 11.5 Å². The van der Waals surface area contributed by atoms with Crippen molar-refractivity contribution in [1.82, 2.24) is 14.5 Å². The molecule has 0 saturated heterocycles. The van der Waals surface area contributed by atoms with Crippen LogP contribution in [0.3, 0.4) is 0 Å². The van der Waals surface area contributed by atoms with Crippen LogP contribution >= 0.6 is 0 Å². The number of pyridine rings is 2. The molecule has 0 atom stereocenters. The molecule has 1 aliphatic rings. The number of amides is 1. The van der Waals surface area contributed by atoms with Crippen LogP contribution in [0.1, 0.15) is 33.6 Å². The summed E-state index contributed by atoms with van der Waals surface area (Å²) in [5.74, 6) is 1.25. The fraction of sp³-hybridized carbons (Fsp3) is 0.320. The molecule has 8 heteroatoms. The molecule has 0 bridgehead atoms. The average molecular weight is 451 g/mol. The lowest BCUT2D eigenvalue weighted by molar-refractivity contribution is 0.0733. The number of alkyl halides is 1. The Labute approximate surface area is 191 Å². The quantitative estimate of drug-likeness (QED) is 0.525. The van der Waals surface area contributed by atoms with Crippen LogP contribution in [-0.4, -0.2) is 40.7 Å². The minimum atomic E-state index is -0.507. The molecule has 0 spiro atoms. The summed E-state index contributed by atoms with van der Waals surface area (Å²) in [6.07, 6.45) is 4.15. The van der Waals surface area contributed by atoms with Crippen LogP contribution in [0.15, 0.2) is 59.7 Å². The normalized spacial score (nSPS) is 12.8. The zero-order valence-corrected chi connectivity index (χ0v) is 18.5. The largest absolute Gasteiger partial charge is 0.495 e. The Morgan fingerprint density at radius 2 is 1.97 bits per heavy atom. The van der Waals surface area contributed by atoms with Gasteiger partial charge in [0.15, 0.2) is 0 Å². The van der Waals surface area contributed by atoms with Crippen molar-refractivity contribution >= 4 is 5.91 Å². The monoisotopic (exact) mass is 451 g/mol. The SMILES string of the molecule is COc1ccc(COc2ccc3c(c2)CN(C(=O)c2ccc(=O)n(CCCF)c2)CC3)nc1. The van der Waals surface area contributed by atoms with Gasteiger partial charge in [0.25, 0.3) is 11.5 Å². The van der Waals surface area contributed by atoms with Gasteiger partial charge in [0.2, 0.25) is 0 Å². The molecule has 0 saturated carbocycles. The van der Waals surface area contributed by atoms with Gasteiger partial charge < -0.3 is 18.9 Å². The minimum Gasteiger partial charge on any atom is -0.495 e. The van der Waals surface area contributed by atoms with Crippen molar-refractivity contribution in [3.05, 3.63) is 87.6 Å². The van der Waals surface area contributed by atoms with Gasteiger partial charge in [0.1, 0.15) is 18.1 Å². The van der Waals surface area contributed by atoms with Gasteiger partial charge in [-0.2, -0.15) is 0 Å². The maximum atomic E-state index is 13.1. The molecule has 1 amide bonds. The molecule has 1 aromatic carbocycles. The van der Waals surface area contributed by atoms with E-state index in [0.29, 0.717) is 36.8 Å². The number of carbonyl (C=O) groups is 1. The summed E-state index contributed by atoms with van der Waals surface area (Å²) in [7, 11) is 1.59. The van der Waals surface area contributed by atoms with E-state index < -0.39 is 6.67 Å². The molecule has 172 valence electrons. The van der Waals surface area contributed by atoms with E-state index in [1.54, 1.807) is 18.2 Å². The molecule has 0 aliphatic carbocycles. The third-order valence-corrected chi connectivity index (χ3v) is 5.66. The van der Waals surface area contributed by atoms with Crippen molar-refractivity contribution in [2.75, 3.05) is 20.3 Å². The Morgan fingerprint density at radius 1 is 1.12 bits per heavy atom. The summed E-state index contributed by atoms with van der Waals surface area (Å²) < 4.78 is 24.9. The van der Waals surface area contributed by atoms with Crippen LogP contribution in [0.25, 0.3) is 0 Å². The van der Waals surface area contributed by atoms with Gasteiger partial charge in [-0.05, 0) is 54.3 Å². The van der Waals surface area contributed by atoms with Crippen LogP contribution in [0.5, 0.6) is 11.5 Å². The number of benzene rings is 1. The molecule has 0 fully saturated rings. The Hall–Kier alpha value is -3.68. The first-order chi connectivity index (χ1) is 16.1. The van der Waals surface area contributed by atoms with Crippen molar-refractivity contribution in [2.45, 2.75) is 32.5 Å². The highest BCUT2D eigenvalue weighted by molar-refractivity contribution is 5.94. The highest BCUT2D eigenvalue weighted by Gasteiger charge is 2.23. The van der Waals surface area contributed by atoms with Gasteiger partial charge in [-0.1, -0.05) is 6.07 Å². The molecule has 3 heterocycles. The second-order valence-electron chi connectivity index (χ2n) is 7.88. The number of fused-ring (bicyclic) bond motifs is 1. The van der Waals surface area contributed by atoms with Crippen LogP contribution in [-0.2, 0) is 26.1 Å². The number of methoxy groups -OCH3 is 1. The molecule has 0 N–H and O–H groups in total. The Balaban J connectivity index is 1.44. The van der Waals surface area contributed by atoms with E-state index in [2.05, 4.69) is 4.98 Å². The molecule has 0 radical (unpaired) electrons. The highest BCUT2D eigenvalue weighted by atomic mass is 19.1. The molecular formula is C25H26FN3O4. The van der Waals surface area contributed by atoms with E-state index in [1.165, 1.54) is 28.5 Å². The second-order valence-corrected chi connectivity index (χ2v) is 7.88. The molecular weight excluding hydrogens is 425 g/mol. The molecule has 1 aliphatic heterocycles. The number of hydrogen-bond acceptors (Lipinski definition) is 5. The molecule has 0 unspecified atom stereocenters. The van der Waals surface area contributed by atoms with Crippen molar-refractivity contribution in [1.29, 1.82) is 0 Å². The number of aromatic nitrogens is 2. The van der Waals surface area contributed by atoms with Crippen molar-refractivity contribution in [2.24, 2.45) is 0 Å². The van der Waals surface area contributed by atoms with Gasteiger partial charge in [-0.15, -0.1) is 0 Å². The van der Waals surface area contributed by atoms with Crippen LogP contribution in [0.4, 0.5) is 4.39 Å². The first kappa shape index (κ1) is 22.5. The zero-order valence-electron chi connectivity index (χ0n) is 18.5. The summed E-state index contributed by atoms with van der Waals surface area (Å²) >= 11 is 0. The molecule has 3 aromatic rings. The molecule has 2 aromatic heterocycles. The summed E-state index contributed by atoms with van der Waals surface area (Å²) in [6.45, 7) is 1.11. The standard InChI is InChI=1S/C25H26FN3O4/c1-32-23-7-5-21(27-14-23)17-33-22-6-3-18-9-12-29(16-20(18)13-22)25(31)19-4-8-24(30)28(15-19)11-2-10-26/h3-8,13-15H,2,9-12,16-17H2,1H3. The fourth-order valence-corrected chi connectivity index (χ4v) is 3.82. The third-order valence-electron chi connectivity index (χ3n) is 5.66. The number of hydrogen-bond donors (Lipinski definition) is 0. The predicted octanol–water partition coefficient (Wildman–Crippen LogP) is 3.39. The second kappa shape index (κ2) is 10.3. The van der Waals surface area contributed by atoms with Crippen LogP contribution in [0, 0.1) is 0 Å². The van der Waals surface area contributed by atoms with Crippen LogP contribution < -0.4 is 15.0 Å². The summed E-state index contributed by atoms with van der Waals surface area (Å²) in [6, 6.07) is 12.5. The minimum absolute atomic E-state index is 0.150. The Kier molecular flexibility index (Phi) is 7.02. The number of aryl methyl sites for hydroxylation is 1. The van der Waals surface area contributed by atoms with E-state index in [4.69, 9.17) is 9.47 Å². The molecule has 33 heavy (non-hydrogen) atoms. The summed E-state index contributed by atoms with van der Waals surface area (Å²) in [5.41, 5.74) is 3.18. The lowest BCUT2D eigenvalue weighted by atomic mass is 9.99. The van der Waals surface area contributed by atoms with Crippen LogP contribution in [0.2, 0.25) is 0 Å². The maximum absolute atomic E-state index is 13.1. The van der Waals surface area contributed by atoms with Gasteiger partial charge in [-0.3, -0.25) is 19.0 Å². The maximum Gasteiger partial charge on any atom is 0.255 e. The Bertz CT molecular complexity index is 1180. The smallest absolute Gasteiger partial charge is 0.255 e. The number of rotatable bonds is 8. The fourth-order valence-electron chi connectivity index (χ4n) is 3.82. The first-order valence-electron chi connectivity index (χ1n) is 10.9. The van der Waals surface area contributed by atoms with Crippen molar-refractivity contribution < 1.29 is 18.7 Å². The van der Waals surface area contributed by atoms with E-state index in [9.17, 15) is 14.0 Å². The zero-order chi connectivity index (χ0) is 23.2. The third kappa shape index (κ3) is 5.39. The van der Waals surface area contributed by atoms with E-state index in [1.807, 2.05) is 30.3 Å². The topological polar surface area (TPSA) is 73.7 Å². The highest BCUT2D eigenvalue weighted by Crippen LogP contribution is 2.25.